The largest absolute Gasteiger partial charge is 0.260 e. The lowest BCUT2D eigenvalue weighted by atomic mass is 10.6. The van der Waals surface area contributed by atoms with Crippen LogP contribution in [0.4, 0.5) is 0 Å². The van der Waals surface area contributed by atoms with Crippen LogP contribution in [0.2, 0.25) is 0 Å². The zero-order valence-corrected chi connectivity index (χ0v) is 7.61. The predicted octanol–water partition coefficient (Wildman–Crippen LogP) is 2.20. The minimum Gasteiger partial charge on any atom is -0.260 e. The van der Waals surface area contributed by atoms with Crippen molar-refractivity contribution in [3.05, 3.63) is 18.6 Å². The molecule has 0 radical (unpaired) electrons. The molecule has 0 spiro atoms. The van der Waals surface area contributed by atoms with Gasteiger partial charge in [0, 0.05) is 24.0 Å². The molecule has 1 heterocycles. The fourth-order valence-electron chi connectivity index (χ4n) is 0.591. The summed E-state index contributed by atoms with van der Waals surface area (Å²) in [5.74, 6) is 1.73. The van der Waals surface area contributed by atoms with Crippen LogP contribution in [0.25, 0.3) is 0 Å². The van der Waals surface area contributed by atoms with Gasteiger partial charge in [0.05, 0.1) is 6.20 Å². The van der Waals surface area contributed by atoms with Crippen molar-refractivity contribution in [3.63, 3.8) is 0 Å². The van der Waals surface area contributed by atoms with E-state index in [2.05, 4.69) is 9.97 Å². The molecular formula is C7H9ClN2S. The van der Waals surface area contributed by atoms with Crippen molar-refractivity contribution in [2.45, 2.75) is 11.4 Å². The zero-order valence-electron chi connectivity index (χ0n) is 6.03. The Morgan fingerprint density at radius 3 is 3.00 bits per heavy atom. The maximum absolute atomic E-state index is 5.52. The van der Waals surface area contributed by atoms with E-state index in [1.54, 1.807) is 30.4 Å². The summed E-state index contributed by atoms with van der Waals surface area (Å²) < 4.78 is 0. The van der Waals surface area contributed by atoms with E-state index in [1.807, 2.05) is 0 Å². The van der Waals surface area contributed by atoms with Crippen LogP contribution in [0.5, 0.6) is 0 Å². The van der Waals surface area contributed by atoms with Gasteiger partial charge >= 0.3 is 0 Å². The molecule has 1 rings (SSSR count). The van der Waals surface area contributed by atoms with Crippen LogP contribution >= 0.6 is 23.4 Å². The predicted molar refractivity (Wildman–Crippen MR) is 48.1 cm³/mol. The van der Waals surface area contributed by atoms with Gasteiger partial charge in [-0.15, -0.1) is 23.4 Å². The van der Waals surface area contributed by atoms with Crippen molar-refractivity contribution in [1.29, 1.82) is 0 Å². The summed E-state index contributed by atoms with van der Waals surface area (Å²) >= 11 is 7.21. The highest BCUT2D eigenvalue weighted by Crippen LogP contribution is 2.13. The summed E-state index contributed by atoms with van der Waals surface area (Å²) in [5, 5.41) is 0.970. The van der Waals surface area contributed by atoms with Gasteiger partial charge in [-0.2, -0.15) is 0 Å². The van der Waals surface area contributed by atoms with Gasteiger partial charge in [-0.05, 0) is 6.42 Å². The van der Waals surface area contributed by atoms with Crippen LogP contribution < -0.4 is 0 Å². The fourth-order valence-corrected chi connectivity index (χ4v) is 1.65. The number of hydrogen-bond acceptors (Lipinski definition) is 3. The normalized spacial score (nSPS) is 9.91. The molecular weight excluding hydrogens is 180 g/mol. The lowest BCUT2D eigenvalue weighted by molar-refractivity contribution is 1.04. The van der Waals surface area contributed by atoms with Gasteiger partial charge in [0.2, 0.25) is 0 Å². The average Bonchev–Trinajstić information content (AvgIpc) is 2.07. The second-order valence-electron chi connectivity index (χ2n) is 1.93. The van der Waals surface area contributed by atoms with Crippen molar-refractivity contribution in [1.82, 2.24) is 9.97 Å². The van der Waals surface area contributed by atoms with Crippen molar-refractivity contribution in [2.75, 3.05) is 11.6 Å². The highest BCUT2D eigenvalue weighted by Gasteiger charge is 1.92. The van der Waals surface area contributed by atoms with Crippen LogP contribution in [-0.2, 0) is 0 Å². The third-order valence-electron chi connectivity index (χ3n) is 1.07. The smallest absolute Gasteiger partial charge is 0.114 e. The van der Waals surface area contributed by atoms with E-state index in [-0.39, 0.29) is 0 Å². The number of aromatic nitrogens is 2. The number of rotatable bonds is 4. The number of alkyl halides is 1. The molecule has 11 heavy (non-hydrogen) atoms. The molecule has 0 saturated heterocycles. The molecule has 0 bridgehead atoms. The lowest BCUT2D eigenvalue weighted by Crippen LogP contribution is -1.84. The quantitative estimate of drug-likeness (QED) is 0.412. The molecule has 1 aromatic rings. The molecule has 0 aromatic carbocycles. The number of nitrogens with zero attached hydrogens (tertiary/aromatic N) is 2. The van der Waals surface area contributed by atoms with Crippen LogP contribution in [-0.4, -0.2) is 21.6 Å². The molecule has 0 aliphatic heterocycles. The van der Waals surface area contributed by atoms with Crippen LogP contribution in [0.1, 0.15) is 6.42 Å². The van der Waals surface area contributed by atoms with E-state index in [4.69, 9.17) is 11.6 Å². The minimum absolute atomic E-state index is 0.716. The van der Waals surface area contributed by atoms with Gasteiger partial charge in [0.25, 0.3) is 0 Å². The third-order valence-corrected chi connectivity index (χ3v) is 2.33. The Bertz CT molecular complexity index is 193. The Morgan fingerprint density at radius 2 is 2.36 bits per heavy atom. The fraction of sp³-hybridized carbons (Fsp3) is 0.429. The zero-order chi connectivity index (χ0) is 7.94. The summed E-state index contributed by atoms with van der Waals surface area (Å²) in [6.07, 6.45) is 6.15. The molecule has 0 aliphatic carbocycles. The van der Waals surface area contributed by atoms with E-state index in [0.29, 0.717) is 5.88 Å². The van der Waals surface area contributed by atoms with Crippen LogP contribution in [0, 0.1) is 0 Å². The molecule has 0 N–H and O–H groups in total. The number of halogens is 1. The van der Waals surface area contributed by atoms with Gasteiger partial charge in [-0.3, -0.25) is 4.98 Å². The first kappa shape index (κ1) is 8.81. The van der Waals surface area contributed by atoms with E-state index in [9.17, 15) is 0 Å². The van der Waals surface area contributed by atoms with E-state index < -0.39 is 0 Å². The van der Waals surface area contributed by atoms with Gasteiger partial charge in [0.1, 0.15) is 5.03 Å². The Morgan fingerprint density at radius 1 is 1.45 bits per heavy atom. The van der Waals surface area contributed by atoms with Crippen molar-refractivity contribution in [3.8, 4) is 0 Å². The Kier molecular flexibility index (Phi) is 4.31. The monoisotopic (exact) mass is 188 g/mol. The average molecular weight is 189 g/mol. The topological polar surface area (TPSA) is 25.8 Å². The maximum Gasteiger partial charge on any atom is 0.114 e. The van der Waals surface area contributed by atoms with E-state index in [1.165, 1.54) is 0 Å². The van der Waals surface area contributed by atoms with Crippen LogP contribution in [0.3, 0.4) is 0 Å². The summed E-state index contributed by atoms with van der Waals surface area (Å²) in [6, 6.07) is 0. The van der Waals surface area contributed by atoms with E-state index >= 15 is 0 Å². The molecule has 0 amide bonds. The van der Waals surface area contributed by atoms with Crippen molar-refractivity contribution in [2.24, 2.45) is 0 Å². The van der Waals surface area contributed by atoms with Crippen molar-refractivity contribution < 1.29 is 0 Å². The molecule has 60 valence electrons. The third kappa shape index (κ3) is 3.58. The second-order valence-corrected chi connectivity index (χ2v) is 3.43. The summed E-state index contributed by atoms with van der Waals surface area (Å²) in [5.41, 5.74) is 0. The molecule has 2 nitrogen and oxygen atoms in total. The SMILES string of the molecule is ClCCCSc1cnccn1. The molecule has 0 fully saturated rings. The maximum atomic E-state index is 5.52. The van der Waals surface area contributed by atoms with Gasteiger partial charge in [-0.1, -0.05) is 0 Å². The summed E-state index contributed by atoms with van der Waals surface area (Å²) in [4.78, 5) is 8.06. The molecule has 0 aliphatic rings. The van der Waals surface area contributed by atoms with Crippen LogP contribution in [0.15, 0.2) is 23.6 Å². The lowest BCUT2D eigenvalue weighted by Gasteiger charge is -1.95. The van der Waals surface area contributed by atoms with Gasteiger partial charge in [-0.25, -0.2) is 4.98 Å². The first-order valence-corrected chi connectivity index (χ1v) is 4.90. The molecule has 1 aromatic heterocycles. The molecule has 0 unspecified atom stereocenters. The Labute approximate surface area is 75.4 Å². The first-order valence-electron chi connectivity index (χ1n) is 3.38. The van der Waals surface area contributed by atoms with Gasteiger partial charge < -0.3 is 0 Å². The molecule has 0 atom stereocenters. The highest BCUT2D eigenvalue weighted by molar-refractivity contribution is 7.99. The number of thioether (sulfide) groups is 1. The Hall–Kier alpha value is -0.280. The summed E-state index contributed by atoms with van der Waals surface area (Å²) in [7, 11) is 0. The molecule has 0 saturated carbocycles. The van der Waals surface area contributed by atoms with E-state index in [0.717, 1.165) is 17.2 Å². The first-order chi connectivity index (χ1) is 5.43. The van der Waals surface area contributed by atoms with Crippen molar-refractivity contribution >= 4 is 23.4 Å². The minimum atomic E-state index is 0.716. The standard InChI is InChI=1S/C7H9ClN2S/c8-2-1-5-11-7-6-9-3-4-10-7/h3-4,6H,1-2,5H2. The highest BCUT2D eigenvalue weighted by atomic mass is 35.5. The number of hydrogen-bond donors (Lipinski definition) is 0. The second kappa shape index (κ2) is 5.38. The summed E-state index contributed by atoms with van der Waals surface area (Å²) in [6.45, 7) is 0. The Balaban J connectivity index is 2.28. The molecule has 4 heteroatoms. The van der Waals surface area contributed by atoms with Gasteiger partial charge in [0.15, 0.2) is 0 Å².